The lowest BCUT2D eigenvalue weighted by molar-refractivity contribution is -0.137. The van der Waals surface area contributed by atoms with E-state index in [0.717, 1.165) is 24.1 Å². The first-order chi connectivity index (χ1) is 7.63. The van der Waals surface area contributed by atoms with Crippen LogP contribution in [0.3, 0.4) is 0 Å². The number of benzene rings is 1. The van der Waals surface area contributed by atoms with Crippen molar-refractivity contribution in [3.05, 3.63) is 35.4 Å². The van der Waals surface area contributed by atoms with Crippen LogP contribution in [0.2, 0.25) is 0 Å². The van der Waals surface area contributed by atoms with E-state index in [9.17, 15) is 13.2 Å². The molecule has 0 saturated carbocycles. The Morgan fingerprint density at radius 1 is 1.00 bits per heavy atom. The fraction of sp³-hybridized carbons (Fsp3) is 0.571. The number of hydrogen-bond acceptors (Lipinski definition) is 0. The predicted molar refractivity (Wildman–Crippen MR) is 63.8 cm³/mol. The summed E-state index contributed by atoms with van der Waals surface area (Å²) in [5.74, 6) is 0.491. The maximum atomic E-state index is 12.4. The van der Waals surface area contributed by atoms with E-state index in [-0.39, 0.29) is 5.41 Å². The van der Waals surface area contributed by atoms with Gasteiger partial charge in [-0.1, -0.05) is 39.8 Å². The molecule has 0 aliphatic carbocycles. The van der Waals surface area contributed by atoms with Gasteiger partial charge in [-0.3, -0.25) is 0 Å². The van der Waals surface area contributed by atoms with Crippen molar-refractivity contribution in [3.8, 4) is 0 Å². The molecule has 1 rings (SSSR count). The van der Waals surface area contributed by atoms with Gasteiger partial charge in [0.15, 0.2) is 0 Å². The molecular weight excluding hydrogens is 225 g/mol. The van der Waals surface area contributed by atoms with Crippen molar-refractivity contribution < 1.29 is 13.2 Å². The molecule has 0 fully saturated rings. The average molecular weight is 244 g/mol. The van der Waals surface area contributed by atoms with Gasteiger partial charge in [0.25, 0.3) is 0 Å². The molecule has 0 unspecified atom stereocenters. The fourth-order valence-electron chi connectivity index (χ4n) is 1.54. The summed E-state index contributed by atoms with van der Waals surface area (Å²) in [6.45, 7) is 8.53. The minimum Gasteiger partial charge on any atom is -0.166 e. The van der Waals surface area contributed by atoms with Crippen LogP contribution in [0.25, 0.3) is 0 Å². The first kappa shape index (κ1) is 14.1. The molecule has 0 saturated heterocycles. The largest absolute Gasteiger partial charge is 0.416 e. The zero-order valence-electron chi connectivity index (χ0n) is 10.7. The number of alkyl halides is 3. The van der Waals surface area contributed by atoms with Gasteiger partial charge >= 0.3 is 6.18 Å². The van der Waals surface area contributed by atoms with Gasteiger partial charge in [0, 0.05) is 0 Å². The van der Waals surface area contributed by atoms with Gasteiger partial charge in [0.05, 0.1) is 5.56 Å². The summed E-state index contributed by atoms with van der Waals surface area (Å²) in [6.07, 6.45) is -3.45. The van der Waals surface area contributed by atoms with Gasteiger partial charge in [0.2, 0.25) is 0 Å². The lowest BCUT2D eigenvalue weighted by Crippen LogP contribution is -2.22. The molecule has 1 aromatic rings. The molecule has 0 heterocycles. The number of rotatable bonds is 3. The van der Waals surface area contributed by atoms with E-state index in [0.29, 0.717) is 5.92 Å². The Kier molecular flexibility index (Phi) is 3.90. The highest BCUT2D eigenvalue weighted by atomic mass is 19.4. The average Bonchev–Trinajstić information content (AvgIpc) is 2.16. The smallest absolute Gasteiger partial charge is 0.166 e. The van der Waals surface area contributed by atoms with Crippen LogP contribution in [0.15, 0.2) is 24.3 Å². The van der Waals surface area contributed by atoms with E-state index in [4.69, 9.17) is 0 Å². The van der Waals surface area contributed by atoms with Crippen molar-refractivity contribution >= 4 is 0 Å². The van der Waals surface area contributed by atoms with Crippen LogP contribution in [0.5, 0.6) is 0 Å². The topological polar surface area (TPSA) is 0 Å². The normalized spacial score (nSPS) is 13.2. The van der Waals surface area contributed by atoms with Gasteiger partial charge in [-0.05, 0) is 35.4 Å². The second-order valence-electron chi connectivity index (χ2n) is 5.51. The van der Waals surface area contributed by atoms with E-state index >= 15 is 0 Å². The van der Waals surface area contributed by atoms with Crippen LogP contribution < -0.4 is 0 Å². The summed E-state index contributed by atoms with van der Waals surface area (Å²) >= 11 is 0. The van der Waals surface area contributed by atoms with E-state index in [1.54, 1.807) is 12.1 Å². The van der Waals surface area contributed by atoms with Gasteiger partial charge in [0.1, 0.15) is 0 Å². The molecule has 0 aliphatic heterocycles. The first-order valence-electron chi connectivity index (χ1n) is 5.79. The third kappa shape index (κ3) is 3.76. The molecule has 0 aliphatic rings. The molecule has 0 bridgehead atoms. The molecule has 0 N–H and O–H groups in total. The third-order valence-corrected chi connectivity index (χ3v) is 3.50. The molecule has 0 aromatic heterocycles. The van der Waals surface area contributed by atoms with E-state index < -0.39 is 11.7 Å². The molecule has 0 spiro atoms. The minimum atomic E-state index is -4.24. The van der Waals surface area contributed by atoms with Crippen molar-refractivity contribution in [1.82, 2.24) is 0 Å². The third-order valence-electron chi connectivity index (χ3n) is 3.50. The second-order valence-corrected chi connectivity index (χ2v) is 5.51. The van der Waals surface area contributed by atoms with Crippen molar-refractivity contribution in [2.75, 3.05) is 0 Å². The second kappa shape index (κ2) is 4.71. The monoisotopic (exact) mass is 244 g/mol. The number of halogens is 3. The van der Waals surface area contributed by atoms with Crippen LogP contribution in [-0.4, -0.2) is 0 Å². The van der Waals surface area contributed by atoms with Crippen molar-refractivity contribution in [3.63, 3.8) is 0 Å². The number of hydrogen-bond donors (Lipinski definition) is 0. The summed E-state index contributed by atoms with van der Waals surface area (Å²) in [7, 11) is 0. The Bertz CT molecular complexity index is 358. The molecule has 17 heavy (non-hydrogen) atoms. The van der Waals surface area contributed by atoms with Gasteiger partial charge in [-0.2, -0.15) is 13.2 Å². The molecule has 96 valence electrons. The van der Waals surface area contributed by atoms with Gasteiger partial charge < -0.3 is 0 Å². The van der Waals surface area contributed by atoms with E-state index in [2.05, 4.69) is 27.7 Å². The Balaban J connectivity index is 2.83. The summed E-state index contributed by atoms with van der Waals surface area (Å²) in [5, 5.41) is 0. The zero-order valence-corrected chi connectivity index (χ0v) is 10.7. The highest BCUT2D eigenvalue weighted by molar-refractivity contribution is 5.25. The highest BCUT2D eigenvalue weighted by Gasteiger charge is 2.30. The Morgan fingerprint density at radius 2 is 1.47 bits per heavy atom. The molecule has 0 radical (unpaired) electrons. The minimum absolute atomic E-state index is 0.0970. The summed E-state index contributed by atoms with van der Waals surface area (Å²) in [6, 6.07) is 5.47. The standard InChI is InChI=1S/C14H19F3/c1-10(2)13(3,4)9-11-5-7-12(8-6-11)14(15,16)17/h5-8,10H,9H2,1-4H3. The van der Waals surface area contributed by atoms with E-state index in [1.807, 2.05) is 0 Å². The molecule has 0 amide bonds. The molecule has 0 nitrogen and oxygen atoms in total. The zero-order chi connectivity index (χ0) is 13.3. The molecular formula is C14H19F3. The quantitative estimate of drug-likeness (QED) is 0.707. The SMILES string of the molecule is CC(C)C(C)(C)Cc1ccc(C(F)(F)F)cc1. The summed E-state index contributed by atoms with van der Waals surface area (Å²) < 4.78 is 37.2. The van der Waals surface area contributed by atoms with Gasteiger partial charge in [-0.15, -0.1) is 0 Å². The first-order valence-corrected chi connectivity index (χ1v) is 5.79. The summed E-state index contributed by atoms with van der Waals surface area (Å²) in [4.78, 5) is 0. The van der Waals surface area contributed by atoms with E-state index in [1.165, 1.54) is 0 Å². The Morgan fingerprint density at radius 3 is 1.82 bits per heavy atom. The highest BCUT2D eigenvalue weighted by Crippen LogP contribution is 2.32. The molecule has 3 heteroatoms. The maximum absolute atomic E-state index is 12.4. The van der Waals surface area contributed by atoms with Crippen molar-refractivity contribution in [1.29, 1.82) is 0 Å². The Hall–Kier alpha value is -0.990. The van der Waals surface area contributed by atoms with Crippen LogP contribution >= 0.6 is 0 Å². The maximum Gasteiger partial charge on any atom is 0.416 e. The van der Waals surface area contributed by atoms with Crippen molar-refractivity contribution in [2.45, 2.75) is 40.3 Å². The van der Waals surface area contributed by atoms with Crippen LogP contribution in [-0.2, 0) is 12.6 Å². The van der Waals surface area contributed by atoms with Crippen LogP contribution in [0, 0.1) is 11.3 Å². The lowest BCUT2D eigenvalue weighted by atomic mass is 9.76. The van der Waals surface area contributed by atoms with Crippen molar-refractivity contribution in [2.24, 2.45) is 11.3 Å². The molecule has 1 aromatic carbocycles. The fourth-order valence-corrected chi connectivity index (χ4v) is 1.54. The van der Waals surface area contributed by atoms with Crippen LogP contribution in [0.1, 0.15) is 38.8 Å². The summed E-state index contributed by atoms with van der Waals surface area (Å²) in [5.41, 5.74) is 0.472. The van der Waals surface area contributed by atoms with Crippen LogP contribution in [0.4, 0.5) is 13.2 Å². The van der Waals surface area contributed by atoms with Gasteiger partial charge in [-0.25, -0.2) is 0 Å². The molecule has 0 atom stereocenters. The lowest BCUT2D eigenvalue weighted by Gasteiger charge is -2.29. The Labute approximate surface area is 101 Å². The predicted octanol–water partition coefficient (Wildman–Crippen LogP) is 4.93.